The third-order valence-electron chi connectivity index (χ3n) is 3.74. The standard InChI is InChI=1S/C21H18BrN3O3/c1-27-9-8-25-21(26)18(13-24)10-15-6-7-20(19(22)11-15)28-14-17-5-3-2-4-16(17)12-23/h2-7,10-11H,8-9,14H2,1H3,(H,25,26)/b18-10+. The van der Waals surface area contributed by atoms with Gasteiger partial charge in [0.2, 0.25) is 0 Å². The van der Waals surface area contributed by atoms with Gasteiger partial charge in [0.1, 0.15) is 24.0 Å². The molecule has 1 N–H and O–H groups in total. The molecule has 6 nitrogen and oxygen atoms in total. The summed E-state index contributed by atoms with van der Waals surface area (Å²) in [6, 6.07) is 16.5. The van der Waals surface area contributed by atoms with E-state index in [0.717, 1.165) is 5.56 Å². The van der Waals surface area contributed by atoms with Gasteiger partial charge in [-0.25, -0.2) is 0 Å². The maximum absolute atomic E-state index is 12.0. The summed E-state index contributed by atoms with van der Waals surface area (Å²) in [7, 11) is 1.53. The van der Waals surface area contributed by atoms with E-state index in [-0.39, 0.29) is 12.2 Å². The van der Waals surface area contributed by atoms with Crippen LogP contribution >= 0.6 is 15.9 Å². The lowest BCUT2D eigenvalue weighted by Crippen LogP contribution is -2.27. The summed E-state index contributed by atoms with van der Waals surface area (Å²) in [6.07, 6.45) is 1.50. The first-order valence-electron chi connectivity index (χ1n) is 8.38. The highest BCUT2D eigenvalue weighted by atomic mass is 79.9. The zero-order valence-corrected chi connectivity index (χ0v) is 16.8. The Balaban J connectivity index is 2.09. The molecule has 0 aliphatic rings. The lowest BCUT2D eigenvalue weighted by molar-refractivity contribution is -0.117. The second-order valence-corrected chi connectivity index (χ2v) is 6.52. The van der Waals surface area contributed by atoms with E-state index in [0.29, 0.717) is 34.5 Å². The largest absolute Gasteiger partial charge is 0.488 e. The number of amides is 1. The molecule has 0 aliphatic heterocycles. The molecule has 0 spiro atoms. The molecule has 142 valence electrons. The molecule has 0 heterocycles. The van der Waals surface area contributed by atoms with Crippen LogP contribution in [0, 0.1) is 22.7 Å². The zero-order valence-electron chi connectivity index (χ0n) is 15.2. The fourth-order valence-electron chi connectivity index (χ4n) is 2.31. The van der Waals surface area contributed by atoms with Crippen molar-refractivity contribution >= 4 is 27.9 Å². The summed E-state index contributed by atoms with van der Waals surface area (Å²) in [5, 5.41) is 21.0. The maximum atomic E-state index is 12.0. The fraction of sp³-hybridized carbons (Fsp3) is 0.190. The van der Waals surface area contributed by atoms with Crippen LogP contribution in [-0.4, -0.2) is 26.2 Å². The molecule has 1 amide bonds. The van der Waals surface area contributed by atoms with Crippen LogP contribution in [0.5, 0.6) is 5.75 Å². The average molecular weight is 440 g/mol. The summed E-state index contributed by atoms with van der Waals surface area (Å²) < 4.78 is 11.3. The highest BCUT2D eigenvalue weighted by molar-refractivity contribution is 9.10. The van der Waals surface area contributed by atoms with E-state index in [1.807, 2.05) is 18.2 Å². The minimum absolute atomic E-state index is 0.000353. The molecule has 0 fully saturated rings. The Labute approximate surface area is 172 Å². The van der Waals surface area contributed by atoms with Crippen molar-refractivity contribution in [1.82, 2.24) is 5.32 Å². The lowest BCUT2D eigenvalue weighted by atomic mass is 10.1. The molecule has 0 atom stereocenters. The molecule has 2 aromatic rings. The van der Waals surface area contributed by atoms with Crippen molar-refractivity contribution in [3.05, 3.63) is 69.2 Å². The van der Waals surface area contributed by atoms with E-state index in [1.54, 1.807) is 30.3 Å². The minimum atomic E-state index is -0.455. The van der Waals surface area contributed by atoms with E-state index in [4.69, 9.17) is 14.7 Å². The van der Waals surface area contributed by atoms with Crippen LogP contribution in [0.25, 0.3) is 6.08 Å². The number of benzene rings is 2. The summed E-state index contributed by atoms with van der Waals surface area (Å²) in [6.45, 7) is 0.953. The Kier molecular flexibility index (Phi) is 8.23. The highest BCUT2D eigenvalue weighted by Crippen LogP contribution is 2.28. The molecule has 0 unspecified atom stereocenters. The van der Waals surface area contributed by atoms with Crippen molar-refractivity contribution in [2.45, 2.75) is 6.61 Å². The number of carbonyl (C=O) groups is 1. The number of halogens is 1. The van der Waals surface area contributed by atoms with Gasteiger partial charge in [0.25, 0.3) is 5.91 Å². The molecule has 0 bridgehead atoms. The molecule has 0 aliphatic carbocycles. The average Bonchev–Trinajstić information content (AvgIpc) is 2.71. The number of carbonyl (C=O) groups excluding carboxylic acids is 1. The normalized spacial score (nSPS) is 10.6. The second-order valence-electron chi connectivity index (χ2n) is 5.67. The number of nitriles is 2. The van der Waals surface area contributed by atoms with Gasteiger partial charge >= 0.3 is 0 Å². The summed E-state index contributed by atoms with van der Waals surface area (Å²) >= 11 is 3.44. The monoisotopic (exact) mass is 439 g/mol. The van der Waals surface area contributed by atoms with Gasteiger partial charge in [-0.3, -0.25) is 4.79 Å². The Morgan fingerprint density at radius 2 is 2.04 bits per heavy atom. The van der Waals surface area contributed by atoms with Crippen LogP contribution in [0.1, 0.15) is 16.7 Å². The Hall–Kier alpha value is -3.13. The van der Waals surface area contributed by atoms with Gasteiger partial charge in [0.05, 0.1) is 22.7 Å². The van der Waals surface area contributed by atoms with E-state index in [2.05, 4.69) is 27.3 Å². The zero-order chi connectivity index (χ0) is 20.4. The number of nitrogens with zero attached hydrogens (tertiary/aromatic N) is 2. The number of nitrogens with one attached hydrogen (secondary N) is 1. The lowest BCUT2D eigenvalue weighted by Gasteiger charge is -2.10. The molecule has 0 aromatic heterocycles. The number of hydrogen-bond donors (Lipinski definition) is 1. The van der Waals surface area contributed by atoms with Crippen molar-refractivity contribution in [2.75, 3.05) is 20.3 Å². The van der Waals surface area contributed by atoms with Crippen LogP contribution in [0.2, 0.25) is 0 Å². The summed E-state index contributed by atoms with van der Waals surface area (Å²) in [4.78, 5) is 12.0. The van der Waals surface area contributed by atoms with E-state index >= 15 is 0 Å². The molecule has 2 rings (SSSR count). The van der Waals surface area contributed by atoms with Crippen LogP contribution < -0.4 is 10.1 Å². The quantitative estimate of drug-likeness (QED) is 0.385. The van der Waals surface area contributed by atoms with Gasteiger partial charge in [-0.15, -0.1) is 0 Å². The van der Waals surface area contributed by atoms with E-state index < -0.39 is 5.91 Å². The molecular formula is C21H18BrN3O3. The van der Waals surface area contributed by atoms with Crippen LogP contribution in [0.3, 0.4) is 0 Å². The number of rotatable bonds is 8. The van der Waals surface area contributed by atoms with Crippen LogP contribution in [-0.2, 0) is 16.1 Å². The van der Waals surface area contributed by atoms with Gasteiger partial charge in [-0.2, -0.15) is 10.5 Å². The number of methoxy groups -OCH3 is 1. The van der Waals surface area contributed by atoms with Crippen LogP contribution in [0.15, 0.2) is 52.5 Å². The van der Waals surface area contributed by atoms with Crippen LogP contribution in [0.4, 0.5) is 0 Å². The third kappa shape index (κ3) is 5.95. The molecule has 7 heteroatoms. The minimum Gasteiger partial charge on any atom is -0.488 e. The summed E-state index contributed by atoms with van der Waals surface area (Å²) in [5.74, 6) is 0.136. The van der Waals surface area contributed by atoms with Crippen molar-refractivity contribution in [1.29, 1.82) is 10.5 Å². The van der Waals surface area contributed by atoms with Gasteiger partial charge in [-0.05, 0) is 45.8 Å². The topological polar surface area (TPSA) is 95.1 Å². The van der Waals surface area contributed by atoms with Gasteiger partial charge in [0, 0.05) is 19.2 Å². The smallest absolute Gasteiger partial charge is 0.262 e. The molecule has 2 aromatic carbocycles. The molecule has 0 radical (unpaired) electrons. The number of hydrogen-bond acceptors (Lipinski definition) is 5. The molecule has 0 saturated heterocycles. The van der Waals surface area contributed by atoms with E-state index in [1.165, 1.54) is 13.2 Å². The Bertz CT molecular complexity index is 958. The Morgan fingerprint density at radius 1 is 1.25 bits per heavy atom. The van der Waals surface area contributed by atoms with Crippen molar-refractivity contribution in [2.24, 2.45) is 0 Å². The molecule has 0 saturated carbocycles. The van der Waals surface area contributed by atoms with E-state index in [9.17, 15) is 10.1 Å². The van der Waals surface area contributed by atoms with Crippen molar-refractivity contribution in [3.63, 3.8) is 0 Å². The molecule has 28 heavy (non-hydrogen) atoms. The fourth-order valence-corrected chi connectivity index (χ4v) is 2.82. The van der Waals surface area contributed by atoms with Gasteiger partial charge in [-0.1, -0.05) is 24.3 Å². The van der Waals surface area contributed by atoms with Gasteiger partial charge in [0.15, 0.2) is 0 Å². The first-order valence-corrected chi connectivity index (χ1v) is 9.17. The molecular weight excluding hydrogens is 422 g/mol. The SMILES string of the molecule is COCCNC(=O)/C(C#N)=C/c1ccc(OCc2ccccc2C#N)c(Br)c1. The first kappa shape index (κ1) is 21.2. The third-order valence-corrected chi connectivity index (χ3v) is 4.36. The van der Waals surface area contributed by atoms with Gasteiger partial charge < -0.3 is 14.8 Å². The second kappa shape index (κ2) is 10.9. The maximum Gasteiger partial charge on any atom is 0.262 e. The first-order chi connectivity index (χ1) is 13.6. The Morgan fingerprint density at radius 3 is 2.71 bits per heavy atom. The summed E-state index contributed by atoms with van der Waals surface area (Å²) in [5.41, 5.74) is 2.03. The predicted octanol–water partition coefficient (Wildman–Crippen LogP) is 3.57. The van der Waals surface area contributed by atoms with Crippen molar-refractivity contribution in [3.8, 4) is 17.9 Å². The number of ether oxygens (including phenoxy) is 2. The van der Waals surface area contributed by atoms with Crippen molar-refractivity contribution < 1.29 is 14.3 Å². The highest BCUT2D eigenvalue weighted by Gasteiger charge is 2.10. The predicted molar refractivity (Wildman–Crippen MR) is 108 cm³/mol.